The van der Waals surface area contributed by atoms with Gasteiger partial charge in [0.15, 0.2) is 0 Å². The molecule has 0 aromatic carbocycles. The van der Waals surface area contributed by atoms with Crippen LogP contribution in [0, 0.1) is 5.92 Å². The highest BCUT2D eigenvalue weighted by Gasteiger charge is 2.08. The first-order valence-electron chi connectivity index (χ1n) is 4.05. The van der Waals surface area contributed by atoms with Gasteiger partial charge < -0.3 is 4.74 Å². The Kier molecular flexibility index (Phi) is 5.39. The molecule has 0 aliphatic carbocycles. The highest BCUT2D eigenvalue weighted by atomic mass is 16.5. The van der Waals surface area contributed by atoms with Crippen molar-refractivity contribution >= 4 is 5.97 Å². The van der Waals surface area contributed by atoms with Crippen LogP contribution in [0.4, 0.5) is 0 Å². The molecule has 0 unspecified atom stereocenters. The van der Waals surface area contributed by atoms with Gasteiger partial charge in [-0.15, -0.1) is 0 Å². The molecule has 0 N–H and O–H groups in total. The molecule has 0 bridgehead atoms. The van der Waals surface area contributed by atoms with Gasteiger partial charge in [0.1, 0.15) is 5.70 Å². The van der Waals surface area contributed by atoms with Gasteiger partial charge >= 0.3 is 5.97 Å². The van der Waals surface area contributed by atoms with Crippen molar-refractivity contribution in [3.05, 3.63) is 22.2 Å². The van der Waals surface area contributed by atoms with Crippen molar-refractivity contribution in [1.82, 2.24) is 0 Å². The van der Waals surface area contributed by atoms with Gasteiger partial charge in [0.2, 0.25) is 0 Å². The van der Waals surface area contributed by atoms with Crippen molar-refractivity contribution in [3.63, 3.8) is 0 Å². The average Bonchev–Trinajstić information content (AvgIpc) is 2.03. The van der Waals surface area contributed by atoms with Crippen molar-refractivity contribution in [2.75, 3.05) is 6.61 Å². The van der Waals surface area contributed by atoms with Gasteiger partial charge in [0.05, 0.1) is 6.61 Å². The van der Waals surface area contributed by atoms with Crippen LogP contribution < -0.4 is 0 Å². The number of carbonyl (C=O) groups excluding carboxylic acids is 1. The van der Waals surface area contributed by atoms with E-state index in [0.717, 1.165) is 0 Å². The van der Waals surface area contributed by atoms with Crippen LogP contribution in [-0.4, -0.2) is 12.6 Å². The standard InChI is InChI=1S/C8H13N3O2/c1-4-13-8(12)7(10-11-9)5-6(2)3/h5-6H,4H2,1-3H3/b7-5-. The molecule has 0 heterocycles. The lowest BCUT2D eigenvalue weighted by Gasteiger charge is -2.02. The summed E-state index contributed by atoms with van der Waals surface area (Å²) in [4.78, 5) is 13.7. The van der Waals surface area contributed by atoms with Crippen molar-refractivity contribution in [3.8, 4) is 0 Å². The Bertz CT molecular complexity index is 252. The van der Waals surface area contributed by atoms with Crippen molar-refractivity contribution < 1.29 is 9.53 Å². The minimum atomic E-state index is -0.575. The lowest BCUT2D eigenvalue weighted by atomic mass is 10.2. The molecule has 0 aromatic heterocycles. The number of ether oxygens (including phenoxy) is 1. The Hall–Kier alpha value is -1.48. The molecule has 0 aromatic rings. The number of rotatable bonds is 4. The first kappa shape index (κ1) is 11.5. The molecule has 13 heavy (non-hydrogen) atoms. The van der Waals surface area contributed by atoms with E-state index < -0.39 is 5.97 Å². The van der Waals surface area contributed by atoms with Crippen LogP contribution in [0.25, 0.3) is 10.4 Å². The summed E-state index contributed by atoms with van der Waals surface area (Å²) < 4.78 is 4.69. The summed E-state index contributed by atoms with van der Waals surface area (Å²) in [7, 11) is 0. The summed E-state index contributed by atoms with van der Waals surface area (Å²) in [6.07, 6.45) is 1.57. The zero-order chi connectivity index (χ0) is 10.3. The summed E-state index contributed by atoms with van der Waals surface area (Å²) in [5.74, 6) is -0.432. The SMILES string of the molecule is CCOC(=O)/C(=C/C(C)C)N=[N+]=[N-]. The van der Waals surface area contributed by atoms with Gasteiger partial charge in [-0.3, -0.25) is 0 Å². The van der Waals surface area contributed by atoms with Crippen LogP contribution in [0.5, 0.6) is 0 Å². The minimum Gasteiger partial charge on any atom is -0.462 e. The minimum absolute atomic E-state index is 0.0272. The summed E-state index contributed by atoms with van der Waals surface area (Å²) in [5.41, 5.74) is 8.20. The van der Waals surface area contributed by atoms with Crippen molar-refractivity contribution in [2.45, 2.75) is 20.8 Å². The third-order valence-electron chi connectivity index (χ3n) is 1.13. The highest BCUT2D eigenvalue weighted by molar-refractivity contribution is 5.87. The maximum atomic E-state index is 11.1. The van der Waals surface area contributed by atoms with E-state index >= 15 is 0 Å². The second-order valence-corrected chi connectivity index (χ2v) is 2.71. The average molecular weight is 183 g/mol. The predicted molar refractivity (Wildman–Crippen MR) is 48.7 cm³/mol. The van der Waals surface area contributed by atoms with E-state index in [1.807, 2.05) is 13.8 Å². The van der Waals surface area contributed by atoms with Gasteiger partial charge in [-0.05, 0) is 18.4 Å². The molecule has 0 spiro atoms. The Morgan fingerprint density at radius 2 is 2.31 bits per heavy atom. The second kappa shape index (κ2) is 6.08. The Labute approximate surface area is 77.0 Å². The molecule has 0 aliphatic rings. The third kappa shape index (κ3) is 4.87. The van der Waals surface area contributed by atoms with Crippen LogP contribution in [0.3, 0.4) is 0 Å². The Morgan fingerprint density at radius 1 is 1.69 bits per heavy atom. The molecule has 0 radical (unpaired) electrons. The number of nitrogens with zero attached hydrogens (tertiary/aromatic N) is 3. The fraction of sp³-hybridized carbons (Fsp3) is 0.625. The zero-order valence-corrected chi connectivity index (χ0v) is 8.02. The molecule has 0 saturated heterocycles. The van der Waals surface area contributed by atoms with Crippen LogP contribution in [0.15, 0.2) is 16.9 Å². The number of carbonyl (C=O) groups is 1. The van der Waals surface area contributed by atoms with E-state index in [4.69, 9.17) is 5.53 Å². The quantitative estimate of drug-likeness (QED) is 0.220. The van der Waals surface area contributed by atoms with E-state index in [1.165, 1.54) is 0 Å². The number of hydrogen-bond donors (Lipinski definition) is 0. The molecule has 0 rings (SSSR count). The van der Waals surface area contributed by atoms with Gasteiger partial charge in [-0.25, -0.2) is 4.79 Å². The van der Waals surface area contributed by atoms with Crippen LogP contribution in [0.1, 0.15) is 20.8 Å². The molecule has 0 fully saturated rings. The number of hydrogen-bond acceptors (Lipinski definition) is 3. The smallest absolute Gasteiger partial charge is 0.340 e. The first-order valence-corrected chi connectivity index (χ1v) is 4.05. The molecule has 0 amide bonds. The number of azide groups is 1. The van der Waals surface area contributed by atoms with Gasteiger partial charge in [0.25, 0.3) is 0 Å². The predicted octanol–water partition coefficient (Wildman–Crippen LogP) is 2.40. The molecule has 5 heteroatoms. The summed E-state index contributed by atoms with van der Waals surface area (Å²) in [5, 5.41) is 3.25. The first-order chi connectivity index (χ1) is 6.11. The van der Waals surface area contributed by atoms with E-state index in [2.05, 4.69) is 14.8 Å². The van der Waals surface area contributed by atoms with E-state index in [-0.39, 0.29) is 18.2 Å². The maximum Gasteiger partial charge on any atom is 0.340 e. The number of esters is 1. The van der Waals surface area contributed by atoms with Crippen molar-refractivity contribution in [2.24, 2.45) is 11.0 Å². The van der Waals surface area contributed by atoms with E-state index in [1.54, 1.807) is 13.0 Å². The molecule has 0 aliphatic heterocycles. The topological polar surface area (TPSA) is 75.1 Å². The van der Waals surface area contributed by atoms with Crippen LogP contribution >= 0.6 is 0 Å². The largest absolute Gasteiger partial charge is 0.462 e. The summed E-state index contributed by atoms with van der Waals surface area (Å²) >= 11 is 0. The van der Waals surface area contributed by atoms with Crippen LogP contribution in [-0.2, 0) is 9.53 Å². The number of allylic oxidation sites excluding steroid dienone is 1. The molecule has 0 saturated carbocycles. The Balaban J connectivity index is 4.60. The fourth-order valence-corrected chi connectivity index (χ4v) is 0.711. The molecular weight excluding hydrogens is 170 g/mol. The van der Waals surface area contributed by atoms with Crippen molar-refractivity contribution in [1.29, 1.82) is 0 Å². The maximum absolute atomic E-state index is 11.1. The third-order valence-corrected chi connectivity index (χ3v) is 1.13. The lowest BCUT2D eigenvalue weighted by molar-refractivity contribution is -0.138. The molecule has 0 atom stereocenters. The fourth-order valence-electron chi connectivity index (χ4n) is 0.711. The highest BCUT2D eigenvalue weighted by Crippen LogP contribution is 2.06. The van der Waals surface area contributed by atoms with Gasteiger partial charge in [-0.2, -0.15) is 0 Å². The molecular formula is C8H13N3O2. The lowest BCUT2D eigenvalue weighted by Crippen LogP contribution is -2.06. The normalized spacial score (nSPS) is 10.9. The summed E-state index contributed by atoms with van der Waals surface area (Å²) in [6, 6.07) is 0. The molecule has 5 nitrogen and oxygen atoms in total. The van der Waals surface area contributed by atoms with E-state index in [0.29, 0.717) is 0 Å². The van der Waals surface area contributed by atoms with Gasteiger partial charge in [0, 0.05) is 4.91 Å². The second-order valence-electron chi connectivity index (χ2n) is 2.71. The summed E-state index contributed by atoms with van der Waals surface area (Å²) in [6.45, 7) is 5.73. The zero-order valence-electron chi connectivity index (χ0n) is 8.02. The monoisotopic (exact) mass is 183 g/mol. The van der Waals surface area contributed by atoms with Gasteiger partial charge in [-0.1, -0.05) is 25.0 Å². The van der Waals surface area contributed by atoms with E-state index in [9.17, 15) is 4.79 Å². The van der Waals surface area contributed by atoms with Crippen LogP contribution in [0.2, 0.25) is 0 Å². The molecule has 72 valence electrons. The Morgan fingerprint density at radius 3 is 2.69 bits per heavy atom.